The van der Waals surface area contributed by atoms with Gasteiger partial charge >= 0.3 is 0 Å². The molecule has 7 nitrogen and oxygen atoms in total. The Balaban J connectivity index is 1.59. The van der Waals surface area contributed by atoms with Crippen molar-refractivity contribution in [1.29, 1.82) is 0 Å². The minimum atomic E-state index is -0.760. The predicted octanol–water partition coefficient (Wildman–Crippen LogP) is 0.222. The minimum absolute atomic E-state index is 0.0130. The second kappa shape index (κ2) is 5.65. The van der Waals surface area contributed by atoms with E-state index in [1.54, 1.807) is 6.07 Å². The maximum absolute atomic E-state index is 14.5. The van der Waals surface area contributed by atoms with E-state index < -0.39 is 23.7 Å². The number of halogens is 1. The van der Waals surface area contributed by atoms with Crippen LogP contribution in [0.5, 0.6) is 0 Å². The van der Waals surface area contributed by atoms with Crippen molar-refractivity contribution in [2.45, 2.75) is 25.4 Å². The first-order chi connectivity index (χ1) is 12.0. The van der Waals surface area contributed by atoms with Crippen LogP contribution < -0.4 is 10.2 Å². The molecular weight excluding hydrogens is 329 g/mol. The lowest BCUT2D eigenvalue weighted by Crippen LogP contribution is -2.52. The Morgan fingerprint density at radius 3 is 2.64 bits per heavy atom. The molecule has 1 aromatic rings. The van der Waals surface area contributed by atoms with E-state index in [4.69, 9.17) is 0 Å². The van der Waals surface area contributed by atoms with E-state index >= 15 is 0 Å². The average molecular weight is 345 g/mol. The van der Waals surface area contributed by atoms with Gasteiger partial charge in [0.2, 0.25) is 11.8 Å². The molecule has 3 aliphatic rings. The van der Waals surface area contributed by atoms with Crippen LogP contribution >= 0.6 is 0 Å². The highest BCUT2D eigenvalue weighted by molar-refractivity contribution is 6.05. The van der Waals surface area contributed by atoms with Crippen LogP contribution in [0.15, 0.2) is 12.1 Å². The number of piperidine rings is 1. The number of benzene rings is 1. The van der Waals surface area contributed by atoms with Crippen LogP contribution in [0, 0.1) is 11.7 Å². The van der Waals surface area contributed by atoms with Crippen LogP contribution in [-0.2, 0) is 20.9 Å². The lowest BCUT2D eigenvalue weighted by Gasteiger charge is -2.38. The molecule has 130 valence electrons. The average Bonchev–Trinajstić information content (AvgIpc) is 2.83. The van der Waals surface area contributed by atoms with Crippen LogP contribution in [-0.4, -0.2) is 48.0 Å². The van der Waals surface area contributed by atoms with Crippen molar-refractivity contribution in [3.63, 3.8) is 0 Å². The first kappa shape index (κ1) is 15.7. The van der Waals surface area contributed by atoms with E-state index in [0.717, 1.165) is 6.29 Å². The fourth-order valence-electron chi connectivity index (χ4n) is 3.63. The molecule has 0 radical (unpaired) electrons. The number of anilines is 1. The maximum Gasteiger partial charge on any atom is 0.258 e. The largest absolute Gasteiger partial charge is 0.370 e. The first-order valence-electron chi connectivity index (χ1n) is 8.15. The third kappa shape index (κ3) is 2.48. The molecule has 3 heterocycles. The van der Waals surface area contributed by atoms with Gasteiger partial charge < -0.3 is 14.6 Å². The van der Waals surface area contributed by atoms with E-state index in [2.05, 4.69) is 5.32 Å². The van der Waals surface area contributed by atoms with Crippen molar-refractivity contribution in [3.05, 3.63) is 29.1 Å². The molecule has 8 heteroatoms. The lowest BCUT2D eigenvalue weighted by atomic mass is 9.99. The molecule has 0 bridgehead atoms. The molecule has 1 N–H and O–H groups in total. The van der Waals surface area contributed by atoms with Crippen molar-refractivity contribution in [2.75, 3.05) is 18.0 Å². The van der Waals surface area contributed by atoms with Gasteiger partial charge in [-0.1, -0.05) is 0 Å². The molecule has 2 saturated heterocycles. The summed E-state index contributed by atoms with van der Waals surface area (Å²) in [6, 6.07) is 2.28. The fraction of sp³-hybridized carbons (Fsp3) is 0.412. The molecule has 25 heavy (non-hydrogen) atoms. The highest BCUT2D eigenvalue weighted by Gasteiger charge is 2.41. The summed E-state index contributed by atoms with van der Waals surface area (Å²) < 4.78 is 14.5. The lowest BCUT2D eigenvalue weighted by molar-refractivity contribution is -0.136. The molecule has 0 aromatic heterocycles. The summed E-state index contributed by atoms with van der Waals surface area (Å²) in [5, 5.41) is 2.22. The summed E-state index contributed by atoms with van der Waals surface area (Å²) in [4.78, 5) is 49.8. The van der Waals surface area contributed by atoms with Crippen molar-refractivity contribution in [2.24, 2.45) is 5.92 Å². The molecule has 2 fully saturated rings. The SMILES string of the molecule is O=CC1CN(c2cc(F)c3c(c2)CN(C2CCC(=O)NC2=O)C3=O)C1. The Kier molecular flexibility index (Phi) is 3.55. The highest BCUT2D eigenvalue weighted by atomic mass is 19.1. The normalized spacial score (nSPS) is 23.4. The van der Waals surface area contributed by atoms with Crippen LogP contribution in [0.4, 0.5) is 10.1 Å². The number of hydrogen-bond donors (Lipinski definition) is 1. The van der Waals surface area contributed by atoms with Gasteiger partial charge in [-0.05, 0) is 24.1 Å². The van der Waals surface area contributed by atoms with Gasteiger partial charge in [0.15, 0.2) is 0 Å². The molecule has 0 spiro atoms. The fourth-order valence-corrected chi connectivity index (χ4v) is 3.63. The van der Waals surface area contributed by atoms with Gasteiger partial charge in [-0.15, -0.1) is 0 Å². The van der Waals surface area contributed by atoms with Gasteiger partial charge in [0.1, 0.15) is 18.1 Å². The molecule has 1 atom stereocenters. The van der Waals surface area contributed by atoms with Crippen LogP contribution in [0.25, 0.3) is 0 Å². The number of amides is 3. The second-order valence-corrected chi connectivity index (χ2v) is 6.66. The number of carbonyl (C=O) groups excluding carboxylic acids is 4. The zero-order valence-corrected chi connectivity index (χ0v) is 13.3. The maximum atomic E-state index is 14.5. The highest BCUT2D eigenvalue weighted by Crippen LogP contribution is 2.34. The van der Waals surface area contributed by atoms with Gasteiger partial charge in [-0.2, -0.15) is 0 Å². The van der Waals surface area contributed by atoms with Gasteiger partial charge in [0, 0.05) is 37.7 Å². The summed E-state index contributed by atoms with van der Waals surface area (Å²) in [6.07, 6.45) is 1.28. The number of imide groups is 1. The molecule has 0 saturated carbocycles. The summed E-state index contributed by atoms with van der Waals surface area (Å²) >= 11 is 0. The molecular formula is C17H16FN3O4. The standard InChI is InChI=1S/C17H16FN3O4/c18-12-4-11(20-5-9(6-20)8-22)3-10-7-21(17(25)15(10)12)13-1-2-14(23)19-16(13)24/h3-4,8-9,13H,1-2,5-7H2,(H,19,23,24). The van der Waals surface area contributed by atoms with Crippen LogP contribution in [0.2, 0.25) is 0 Å². The number of aldehydes is 1. The van der Waals surface area contributed by atoms with Gasteiger partial charge in [0.05, 0.1) is 5.56 Å². The van der Waals surface area contributed by atoms with E-state index in [0.29, 0.717) is 24.3 Å². The van der Waals surface area contributed by atoms with E-state index in [1.165, 1.54) is 11.0 Å². The van der Waals surface area contributed by atoms with Crippen LogP contribution in [0.3, 0.4) is 0 Å². The molecule has 1 unspecified atom stereocenters. The summed E-state index contributed by atoms with van der Waals surface area (Å²) in [7, 11) is 0. The zero-order valence-electron chi connectivity index (χ0n) is 13.3. The summed E-state index contributed by atoms with van der Waals surface area (Å²) in [6.45, 7) is 1.20. The number of nitrogens with one attached hydrogen (secondary N) is 1. The third-order valence-electron chi connectivity index (χ3n) is 5.03. The van der Waals surface area contributed by atoms with Crippen molar-refractivity contribution >= 4 is 29.7 Å². The van der Waals surface area contributed by atoms with E-state index in [-0.39, 0.29) is 36.8 Å². The molecule has 1 aromatic carbocycles. The molecule has 3 amide bonds. The summed E-state index contributed by atoms with van der Waals surface area (Å²) in [5.74, 6) is -2.07. The van der Waals surface area contributed by atoms with Crippen molar-refractivity contribution in [1.82, 2.24) is 10.2 Å². The Morgan fingerprint density at radius 2 is 1.96 bits per heavy atom. The number of nitrogens with zero attached hydrogens (tertiary/aromatic N) is 2. The minimum Gasteiger partial charge on any atom is -0.370 e. The second-order valence-electron chi connectivity index (χ2n) is 6.66. The van der Waals surface area contributed by atoms with Crippen molar-refractivity contribution < 1.29 is 23.6 Å². The zero-order chi connectivity index (χ0) is 17.7. The Hall–Kier alpha value is -2.77. The van der Waals surface area contributed by atoms with Crippen LogP contribution in [0.1, 0.15) is 28.8 Å². The number of carbonyl (C=O) groups is 4. The van der Waals surface area contributed by atoms with E-state index in [9.17, 15) is 23.6 Å². The quantitative estimate of drug-likeness (QED) is 0.626. The van der Waals surface area contributed by atoms with Gasteiger partial charge in [-0.3, -0.25) is 19.7 Å². The molecule has 3 aliphatic heterocycles. The monoisotopic (exact) mass is 345 g/mol. The third-order valence-corrected chi connectivity index (χ3v) is 5.03. The molecule has 4 rings (SSSR count). The van der Waals surface area contributed by atoms with Crippen molar-refractivity contribution in [3.8, 4) is 0 Å². The number of rotatable bonds is 3. The first-order valence-corrected chi connectivity index (χ1v) is 8.15. The smallest absolute Gasteiger partial charge is 0.258 e. The Labute approximate surface area is 142 Å². The number of hydrogen-bond acceptors (Lipinski definition) is 5. The molecule has 0 aliphatic carbocycles. The number of fused-ring (bicyclic) bond motifs is 1. The van der Waals surface area contributed by atoms with Gasteiger partial charge in [-0.25, -0.2) is 4.39 Å². The summed E-state index contributed by atoms with van der Waals surface area (Å²) in [5.41, 5.74) is 1.15. The van der Waals surface area contributed by atoms with Gasteiger partial charge in [0.25, 0.3) is 5.91 Å². The predicted molar refractivity (Wildman–Crippen MR) is 84.2 cm³/mol. The Bertz CT molecular complexity index is 803. The van der Waals surface area contributed by atoms with E-state index in [1.807, 2.05) is 4.90 Å². The topological polar surface area (TPSA) is 86.8 Å². The Morgan fingerprint density at radius 1 is 1.20 bits per heavy atom.